The molecule has 0 bridgehead atoms. The summed E-state index contributed by atoms with van der Waals surface area (Å²) in [5.74, 6) is 1.58. The molecule has 5 nitrogen and oxygen atoms in total. The second-order valence-electron chi connectivity index (χ2n) is 8.56. The van der Waals surface area contributed by atoms with E-state index in [-0.39, 0.29) is 11.8 Å². The van der Waals surface area contributed by atoms with Crippen molar-refractivity contribution in [1.29, 1.82) is 0 Å². The monoisotopic (exact) mass is 453 g/mol. The van der Waals surface area contributed by atoms with Crippen molar-refractivity contribution in [2.24, 2.45) is 11.8 Å². The van der Waals surface area contributed by atoms with Gasteiger partial charge >= 0.3 is 0 Å². The average molecular weight is 454 g/mol. The smallest absolute Gasteiger partial charge is 0.253 e. The maximum atomic E-state index is 13.0. The highest BCUT2D eigenvalue weighted by Crippen LogP contribution is 2.21. The van der Waals surface area contributed by atoms with Crippen LogP contribution < -0.4 is 10.6 Å². The van der Waals surface area contributed by atoms with Gasteiger partial charge < -0.3 is 10.6 Å². The van der Waals surface area contributed by atoms with Crippen molar-refractivity contribution in [3.05, 3.63) is 34.9 Å². The number of carbonyl (C=O) groups excluding carboxylic acids is 2. The molecule has 1 fully saturated rings. The van der Waals surface area contributed by atoms with Crippen molar-refractivity contribution in [1.82, 2.24) is 15.5 Å². The summed E-state index contributed by atoms with van der Waals surface area (Å²) >= 11 is 7.81. The van der Waals surface area contributed by atoms with E-state index in [0.717, 1.165) is 24.8 Å². The third-order valence-electron chi connectivity index (χ3n) is 5.89. The number of nitrogens with one attached hydrogen (secondary N) is 2. The molecule has 1 aromatic carbocycles. The predicted octanol–water partition coefficient (Wildman–Crippen LogP) is 4.06. The van der Waals surface area contributed by atoms with Gasteiger partial charge in [0.1, 0.15) is 6.04 Å². The Labute approximate surface area is 190 Å². The van der Waals surface area contributed by atoms with Crippen LogP contribution >= 0.6 is 23.4 Å². The Bertz CT molecular complexity index is 693. The highest BCUT2D eigenvalue weighted by Gasteiger charge is 2.28. The van der Waals surface area contributed by atoms with E-state index in [2.05, 4.69) is 36.3 Å². The lowest BCUT2D eigenvalue weighted by atomic mass is 9.94. The fraction of sp³-hybridized carbons (Fsp3) is 0.652. The molecule has 168 valence electrons. The van der Waals surface area contributed by atoms with E-state index in [1.165, 1.54) is 12.8 Å². The Balaban J connectivity index is 1.99. The van der Waals surface area contributed by atoms with E-state index < -0.39 is 6.04 Å². The Morgan fingerprint density at radius 3 is 2.50 bits per heavy atom. The lowest BCUT2D eigenvalue weighted by Gasteiger charge is -2.39. The molecule has 0 aromatic heterocycles. The van der Waals surface area contributed by atoms with Gasteiger partial charge in [0.2, 0.25) is 5.91 Å². The van der Waals surface area contributed by atoms with Crippen LogP contribution in [0.4, 0.5) is 0 Å². The van der Waals surface area contributed by atoms with Crippen molar-refractivity contribution < 1.29 is 9.59 Å². The van der Waals surface area contributed by atoms with Gasteiger partial charge in [0.05, 0.1) is 10.6 Å². The normalized spacial score (nSPS) is 17.5. The number of nitrogens with zero attached hydrogens (tertiary/aromatic N) is 1. The van der Waals surface area contributed by atoms with Gasteiger partial charge in [0.25, 0.3) is 5.91 Å². The molecule has 0 aliphatic carbocycles. The summed E-state index contributed by atoms with van der Waals surface area (Å²) in [6.45, 7) is 9.49. The third kappa shape index (κ3) is 7.47. The highest BCUT2D eigenvalue weighted by molar-refractivity contribution is 7.98. The Hall–Kier alpha value is -1.24. The minimum atomic E-state index is -0.574. The van der Waals surface area contributed by atoms with Crippen molar-refractivity contribution >= 4 is 35.2 Å². The number of piperidine rings is 1. The number of carbonyl (C=O) groups is 2. The van der Waals surface area contributed by atoms with E-state index in [4.69, 9.17) is 11.6 Å². The number of thioether (sulfide) groups is 1. The molecule has 1 heterocycles. The minimum absolute atomic E-state index is 0.125. The topological polar surface area (TPSA) is 61.4 Å². The Kier molecular flexibility index (Phi) is 10.5. The van der Waals surface area contributed by atoms with E-state index in [0.29, 0.717) is 35.5 Å². The summed E-state index contributed by atoms with van der Waals surface area (Å²) in [6.07, 6.45) is 5.00. The maximum absolute atomic E-state index is 13.0. The molecule has 1 aliphatic heterocycles. The van der Waals surface area contributed by atoms with Gasteiger partial charge in [-0.1, -0.05) is 44.5 Å². The average Bonchev–Trinajstić information content (AvgIpc) is 2.72. The number of likely N-dealkylation sites (tertiary alicyclic amines) is 1. The van der Waals surface area contributed by atoms with Crippen molar-refractivity contribution in [2.75, 3.05) is 31.6 Å². The summed E-state index contributed by atoms with van der Waals surface area (Å²) in [5.41, 5.74) is 0.392. The van der Waals surface area contributed by atoms with Crippen LogP contribution in [0.25, 0.3) is 0 Å². The molecule has 0 radical (unpaired) electrons. The van der Waals surface area contributed by atoms with Crippen molar-refractivity contribution in [2.45, 2.75) is 52.1 Å². The summed E-state index contributed by atoms with van der Waals surface area (Å²) in [7, 11) is 0. The van der Waals surface area contributed by atoms with E-state index >= 15 is 0 Å². The largest absolute Gasteiger partial charge is 0.353 e. The SMILES string of the molecule is CSCC[C@@H](NC(=O)c1ccccc1Cl)C(=O)NC[C@@H](C(C)C)N1CCC(C)CC1. The summed E-state index contributed by atoms with van der Waals surface area (Å²) in [6, 6.07) is 6.64. The first-order chi connectivity index (χ1) is 14.3. The number of hydrogen-bond acceptors (Lipinski definition) is 4. The Morgan fingerprint density at radius 2 is 1.90 bits per heavy atom. The fourth-order valence-corrected chi connectivity index (χ4v) is 4.55. The van der Waals surface area contributed by atoms with Crippen LogP contribution in [0.2, 0.25) is 5.02 Å². The summed E-state index contributed by atoms with van der Waals surface area (Å²) in [4.78, 5) is 28.2. The number of benzene rings is 1. The zero-order valence-corrected chi connectivity index (χ0v) is 20.2. The van der Waals surface area contributed by atoms with Gasteiger partial charge in [-0.25, -0.2) is 0 Å². The predicted molar refractivity (Wildman–Crippen MR) is 127 cm³/mol. The molecule has 7 heteroatoms. The Morgan fingerprint density at radius 1 is 1.23 bits per heavy atom. The van der Waals surface area contributed by atoms with Gasteiger partial charge in [0, 0.05) is 12.6 Å². The first-order valence-corrected chi connectivity index (χ1v) is 12.7. The summed E-state index contributed by atoms with van der Waals surface area (Å²) < 4.78 is 0. The number of amides is 2. The van der Waals surface area contributed by atoms with Crippen LogP contribution in [-0.2, 0) is 4.79 Å². The maximum Gasteiger partial charge on any atom is 0.253 e. The van der Waals surface area contributed by atoms with Crippen LogP contribution in [0.1, 0.15) is 50.4 Å². The molecule has 2 N–H and O–H groups in total. The molecule has 2 atom stereocenters. The van der Waals surface area contributed by atoms with Gasteiger partial charge in [-0.3, -0.25) is 14.5 Å². The molecular weight excluding hydrogens is 418 g/mol. The molecule has 30 heavy (non-hydrogen) atoms. The molecule has 0 spiro atoms. The third-order valence-corrected chi connectivity index (χ3v) is 6.87. The van der Waals surface area contributed by atoms with E-state index in [9.17, 15) is 9.59 Å². The first kappa shape index (κ1) is 25.0. The van der Waals surface area contributed by atoms with Crippen LogP contribution in [-0.4, -0.2) is 60.4 Å². The van der Waals surface area contributed by atoms with E-state index in [1.807, 2.05) is 6.26 Å². The van der Waals surface area contributed by atoms with Gasteiger partial charge in [-0.15, -0.1) is 0 Å². The van der Waals surface area contributed by atoms with Crippen LogP contribution in [0.15, 0.2) is 24.3 Å². The second kappa shape index (κ2) is 12.6. The molecule has 0 saturated carbocycles. The molecule has 1 saturated heterocycles. The molecule has 0 unspecified atom stereocenters. The standard InChI is InChI=1S/C23H36ClN3O2S/c1-16(2)21(27-12-9-17(3)10-13-27)15-25-23(29)20(11-14-30-4)26-22(28)18-7-5-6-8-19(18)24/h5-8,16-17,20-21H,9-15H2,1-4H3,(H,25,29)(H,26,28)/t20-,21+/m1/s1. The van der Waals surface area contributed by atoms with Gasteiger partial charge in [-0.2, -0.15) is 11.8 Å². The first-order valence-electron chi connectivity index (χ1n) is 10.9. The zero-order chi connectivity index (χ0) is 22.1. The molecule has 2 amide bonds. The minimum Gasteiger partial charge on any atom is -0.353 e. The van der Waals surface area contributed by atoms with Crippen LogP contribution in [0, 0.1) is 11.8 Å². The lowest BCUT2D eigenvalue weighted by molar-refractivity contribution is -0.123. The molecule has 1 aromatic rings. The number of hydrogen-bond donors (Lipinski definition) is 2. The number of rotatable bonds is 10. The second-order valence-corrected chi connectivity index (χ2v) is 9.96. The van der Waals surface area contributed by atoms with Crippen molar-refractivity contribution in [3.8, 4) is 0 Å². The van der Waals surface area contributed by atoms with Crippen LogP contribution in [0.3, 0.4) is 0 Å². The summed E-state index contributed by atoms with van der Waals surface area (Å²) in [5, 5.41) is 6.39. The zero-order valence-electron chi connectivity index (χ0n) is 18.6. The fourth-order valence-electron chi connectivity index (χ4n) is 3.86. The molecule has 2 rings (SSSR count). The van der Waals surface area contributed by atoms with Gasteiger partial charge in [0.15, 0.2) is 0 Å². The lowest BCUT2D eigenvalue weighted by Crippen LogP contribution is -2.53. The van der Waals surface area contributed by atoms with Gasteiger partial charge in [-0.05, 0) is 68.3 Å². The quantitative estimate of drug-likeness (QED) is 0.560. The molecule has 1 aliphatic rings. The number of halogens is 1. The van der Waals surface area contributed by atoms with E-state index in [1.54, 1.807) is 36.0 Å². The molecular formula is C23H36ClN3O2S. The van der Waals surface area contributed by atoms with Crippen molar-refractivity contribution in [3.63, 3.8) is 0 Å². The van der Waals surface area contributed by atoms with Crippen LogP contribution in [0.5, 0.6) is 0 Å². The highest BCUT2D eigenvalue weighted by atomic mass is 35.5.